The molecule has 0 unspecified atom stereocenters. The molecule has 0 saturated carbocycles. The molecule has 5 nitrogen and oxygen atoms in total. The second kappa shape index (κ2) is 6.36. The molecule has 6 heteroatoms. The zero-order valence-corrected chi connectivity index (χ0v) is 11.0. The summed E-state index contributed by atoms with van der Waals surface area (Å²) in [6.07, 6.45) is 0.561. The van der Waals surface area contributed by atoms with E-state index in [1.165, 1.54) is 0 Å². The van der Waals surface area contributed by atoms with Gasteiger partial charge < -0.3 is 16.2 Å². The SMILES string of the molecule is Nc1nc(Cl)cc(N[C@@H](CCO)c2ccccc2)n1. The van der Waals surface area contributed by atoms with Crippen molar-refractivity contribution in [3.63, 3.8) is 0 Å². The Balaban J connectivity index is 2.21. The van der Waals surface area contributed by atoms with Gasteiger partial charge in [-0.3, -0.25) is 0 Å². The van der Waals surface area contributed by atoms with Crippen LogP contribution in [0.25, 0.3) is 0 Å². The number of hydrogen-bond acceptors (Lipinski definition) is 5. The van der Waals surface area contributed by atoms with E-state index < -0.39 is 0 Å². The largest absolute Gasteiger partial charge is 0.396 e. The number of nitrogens with zero attached hydrogens (tertiary/aromatic N) is 2. The van der Waals surface area contributed by atoms with E-state index in [0.717, 1.165) is 5.56 Å². The van der Waals surface area contributed by atoms with Crippen LogP contribution in [0.2, 0.25) is 5.15 Å². The average Bonchev–Trinajstić information content (AvgIpc) is 2.38. The highest BCUT2D eigenvalue weighted by Gasteiger charge is 2.12. The van der Waals surface area contributed by atoms with Crippen molar-refractivity contribution in [1.29, 1.82) is 0 Å². The number of nitrogen functional groups attached to an aromatic ring is 1. The minimum atomic E-state index is -0.0587. The van der Waals surface area contributed by atoms with E-state index in [2.05, 4.69) is 15.3 Å². The molecular weight excluding hydrogens is 264 g/mol. The second-order valence-electron chi connectivity index (χ2n) is 4.05. The van der Waals surface area contributed by atoms with Gasteiger partial charge >= 0.3 is 0 Å². The maximum Gasteiger partial charge on any atom is 0.223 e. The molecule has 2 aromatic rings. The Labute approximate surface area is 116 Å². The highest BCUT2D eigenvalue weighted by molar-refractivity contribution is 6.29. The second-order valence-corrected chi connectivity index (χ2v) is 4.44. The summed E-state index contributed by atoms with van der Waals surface area (Å²) < 4.78 is 0. The first-order chi connectivity index (χ1) is 9.19. The third-order valence-corrected chi connectivity index (χ3v) is 2.85. The molecule has 0 aliphatic rings. The van der Waals surface area contributed by atoms with Gasteiger partial charge in [-0.2, -0.15) is 4.98 Å². The zero-order chi connectivity index (χ0) is 13.7. The molecule has 0 bridgehead atoms. The Morgan fingerprint density at radius 1 is 1.26 bits per heavy atom. The molecule has 0 aliphatic heterocycles. The smallest absolute Gasteiger partial charge is 0.223 e. The lowest BCUT2D eigenvalue weighted by molar-refractivity contribution is 0.280. The minimum absolute atomic E-state index is 0.0587. The molecule has 0 saturated heterocycles. The fraction of sp³-hybridized carbons (Fsp3) is 0.231. The van der Waals surface area contributed by atoms with Gasteiger partial charge in [-0.15, -0.1) is 0 Å². The van der Waals surface area contributed by atoms with Gasteiger partial charge in [0.25, 0.3) is 0 Å². The Morgan fingerprint density at radius 3 is 2.63 bits per heavy atom. The van der Waals surface area contributed by atoms with Crippen LogP contribution in [0.4, 0.5) is 11.8 Å². The molecule has 0 aliphatic carbocycles. The van der Waals surface area contributed by atoms with Crippen molar-refractivity contribution >= 4 is 23.4 Å². The molecule has 1 heterocycles. The number of aliphatic hydroxyl groups excluding tert-OH is 1. The third-order valence-electron chi connectivity index (χ3n) is 2.65. The molecule has 1 aromatic carbocycles. The highest BCUT2D eigenvalue weighted by Crippen LogP contribution is 2.22. The number of nitrogens with one attached hydrogen (secondary N) is 1. The van der Waals surface area contributed by atoms with Crippen LogP contribution in [-0.2, 0) is 0 Å². The monoisotopic (exact) mass is 278 g/mol. The van der Waals surface area contributed by atoms with Gasteiger partial charge in [0, 0.05) is 12.7 Å². The van der Waals surface area contributed by atoms with Crippen molar-refractivity contribution in [1.82, 2.24) is 9.97 Å². The van der Waals surface area contributed by atoms with E-state index >= 15 is 0 Å². The van der Waals surface area contributed by atoms with Crippen molar-refractivity contribution in [3.8, 4) is 0 Å². The van der Waals surface area contributed by atoms with Gasteiger partial charge in [-0.25, -0.2) is 4.98 Å². The van der Waals surface area contributed by atoms with Crippen LogP contribution in [-0.4, -0.2) is 21.7 Å². The van der Waals surface area contributed by atoms with Gasteiger partial charge in [0.2, 0.25) is 5.95 Å². The number of aliphatic hydroxyl groups is 1. The van der Waals surface area contributed by atoms with Crippen LogP contribution in [0.5, 0.6) is 0 Å². The summed E-state index contributed by atoms with van der Waals surface area (Å²) >= 11 is 5.84. The molecule has 0 radical (unpaired) electrons. The number of halogens is 1. The van der Waals surface area contributed by atoms with E-state index in [1.807, 2.05) is 30.3 Å². The van der Waals surface area contributed by atoms with Crippen LogP contribution in [0.3, 0.4) is 0 Å². The number of nitrogens with two attached hydrogens (primary N) is 1. The normalized spacial score (nSPS) is 12.1. The molecule has 0 amide bonds. The maximum absolute atomic E-state index is 9.16. The summed E-state index contributed by atoms with van der Waals surface area (Å²) in [6, 6.07) is 11.4. The van der Waals surface area contributed by atoms with E-state index in [4.69, 9.17) is 22.4 Å². The van der Waals surface area contributed by atoms with Gasteiger partial charge in [0.15, 0.2) is 0 Å². The fourth-order valence-electron chi connectivity index (χ4n) is 1.82. The number of aromatic nitrogens is 2. The summed E-state index contributed by atoms with van der Waals surface area (Å²) in [5, 5.41) is 12.6. The Morgan fingerprint density at radius 2 is 2.00 bits per heavy atom. The fourth-order valence-corrected chi connectivity index (χ4v) is 2.01. The Bertz CT molecular complexity index is 515. The van der Waals surface area contributed by atoms with E-state index in [-0.39, 0.29) is 23.8 Å². The lowest BCUT2D eigenvalue weighted by Crippen LogP contribution is -2.14. The van der Waals surface area contributed by atoms with Crippen LogP contribution in [0.1, 0.15) is 18.0 Å². The topological polar surface area (TPSA) is 84.1 Å². The molecule has 0 fully saturated rings. The summed E-state index contributed by atoms with van der Waals surface area (Å²) in [6.45, 7) is 0.0703. The summed E-state index contributed by atoms with van der Waals surface area (Å²) in [5.41, 5.74) is 6.61. The highest BCUT2D eigenvalue weighted by atomic mass is 35.5. The van der Waals surface area contributed by atoms with Gasteiger partial charge in [-0.1, -0.05) is 41.9 Å². The maximum atomic E-state index is 9.16. The molecule has 2 rings (SSSR count). The molecule has 0 spiro atoms. The Hall–Kier alpha value is -1.85. The quantitative estimate of drug-likeness (QED) is 0.731. The van der Waals surface area contributed by atoms with Crippen molar-refractivity contribution in [3.05, 3.63) is 47.1 Å². The summed E-state index contributed by atoms with van der Waals surface area (Å²) in [7, 11) is 0. The zero-order valence-electron chi connectivity index (χ0n) is 10.3. The van der Waals surface area contributed by atoms with Crippen LogP contribution >= 0.6 is 11.6 Å². The average molecular weight is 279 g/mol. The van der Waals surface area contributed by atoms with Gasteiger partial charge in [-0.05, 0) is 12.0 Å². The third kappa shape index (κ3) is 3.81. The van der Waals surface area contributed by atoms with Crippen molar-refractivity contribution in [2.24, 2.45) is 0 Å². The lowest BCUT2D eigenvalue weighted by Gasteiger charge is -2.19. The standard InChI is InChI=1S/C13H15ClN4O/c14-11-8-12(18-13(15)17-11)16-10(6-7-19)9-4-2-1-3-5-9/h1-5,8,10,19H,6-7H2,(H3,15,16,17,18)/t10-/m0/s1. The van der Waals surface area contributed by atoms with Gasteiger partial charge in [0.05, 0.1) is 6.04 Å². The molecule has 1 aromatic heterocycles. The number of hydrogen-bond donors (Lipinski definition) is 3. The Kier molecular flexibility index (Phi) is 4.54. The number of anilines is 2. The van der Waals surface area contributed by atoms with Crippen molar-refractivity contribution < 1.29 is 5.11 Å². The first kappa shape index (κ1) is 13.6. The molecule has 4 N–H and O–H groups in total. The summed E-state index contributed by atoms with van der Waals surface area (Å²) in [4.78, 5) is 7.87. The minimum Gasteiger partial charge on any atom is -0.396 e. The van der Waals surface area contributed by atoms with Gasteiger partial charge in [0.1, 0.15) is 11.0 Å². The lowest BCUT2D eigenvalue weighted by atomic mass is 10.0. The summed E-state index contributed by atoms with van der Waals surface area (Å²) in [5.74, 6) is 0.658. The molecule has 1 atom stereocenters. The van der Waals surface area contributed by atoms with Crippen LogP contribution < -0.4 is 11.1 Å². The number of benzene rings is 1. The first-order valence-electron chi connectivity index (χ1n) is 5.91. The molecule has 100 valence electrons. The predicted molar refractivity (Wildman–Crippen MR) is 76.0 cm³/mol. The van der Waals surface area contributed by atoms with E-state index in [0.29, 0.717) is 12.2 Å². The predicted octanol–water partition coefficient (Wildman–Crippen LogP) is 2.25. The molecular formula is C13H15ClN4O. The van der Waals surface area contributed by atoms with Crippen LogP contribution in [0, 0.1) is 0 Å². The molecule has 19 heavy (non-hydrogen) atoms. The van der Waals surface area contributed by atoms with Crippen molar-refractivity contribution in [2.75, 3.05) is 17.7 Å². The first-order valence-corrected chi connectivity index (χ1v) is 6.29. The van der Waals surface area contributed by atoms with Crippen LogP contribution in [0.15, 0.2) is 36.4 Å². The van der Waals surface area contributed by atoms with E-state index in [1.54, 1.807) is 6.07 Å². The van der Waals surface area contributed by atoms with Crippen molar-refractivity contribution in [2.45, 2.75) is 12.5 Å². The number of rotatable bonds is 5. The van der Waals surface area contributed by atoms with E-state index in [9.17, 15) is 0 Å².